The molecule has 114 valence electrons. The molecule has 5 heteroatoms. The Balaban J connectivity index is 2.45. The van der Waals surface area contributed by atoms with Gasteiger partial charge in [0.05, 0.1) is 6.54 Å². The third kappa shape index (κ3) is 5.77. The number of carbonyl (C=O) groups is 3. The highest BCUT2D eigenvalue weighted by molar-refractivity contribution is 6.02. The van der Waals surface area contributed by atoms with Crippen LogP contribution >= 0.6 is 0 Å². The van der Waals surface area contributed by atoms with Crippen molar-refractivity contribution in [2.24, 2.45) is 0 Å². The van der Waals surface area contributed by atoms with Crippen LogP contribution in [0.3, 0.4) is 0 Å². The Morgan fingerprint density at radius 1 is 1.29 bits per heavy atom. The van der Waals surface area contributed by atoms with Crippen LogP contribution in [-0.2, 0) is 4.79 Å². The normalized spacial score (nSPS) is 11.5. The second-order valence-electron chi connectivity index (χ2n) is 5.00. The maximum Gasteiger partial charge on any atom is 0.252 e. The minimum absolute atomic E-state index is 0.0941. The third-order valence-corrected chi connectivity index (χ3v) is 3.14. The lowest BCUT2D eigenvalue weighted by molar-refractivity contribution is -0.120. The minimum atomic E-state index is -0.422. The van der Waals surface area contributed by atoms with Crippen molar-refractivity contribution in [1.29, 1.82) is 0 Å². The number of carbonyl (C=O) groups excluding carboxylic acids is 3. The molecule has 0 unspecified atom stereocenters. The summed E-state index contributed by atoms with van der Waals surface area (Å²) in [4.78, 5) is 34.5. The van der Waals surface area contributed by atoms with Gasteiger partial charge in [0.1, 0.15) is 0 Å². The van der Waals surface area contributed by atoms with Crippen LogP contribution in [0, 0.1) is 0 Å². The molecule has 5 nitrogen and oxygen atoms in total. The summed E-state index contributed by atoms with van der Waals surface area (Å²) in [5, 5.41) is 5.35. The van der Waals surface area contributed by atoms with Gasteiger partial charge in [0.2, 0.25) is 5.91 Å². The van der Waals surface area contributed by atoms with Gasteiger partial charge in [-0.05, 0) is 19.4 Å². The number of benzene rings is 1. The Hall–Kier alpha value is -2.17. The summed E-state index contributed by atoms with van der Waals surface area (Å²) in [6.07, 6.45) is 3.69. The van der Waals surface area contributed by atoms with Gasteiger partial charge in [-0.15, -0.1) is 0 Å². The van der Waals surface area contributed by atoms with E-state index in [1.165, 1.54) is 0 Å². The fourth-order valence-corrected chi connectivity index (χ4v) is 1.97. The van der Waals surface area contributed by atoms with Crippen molar-refractivity contribution in [2.75, 3.05) is 6.54 Å². The van der Waals surface area contributed by atoms with Crippen LogP contribution in [-0.4, -0.2) is 30.7 Å². The zero-order valence-corrected chi connectivity index (χ0v) is 12.5. The van der Waals surface area contributed by atoms with E-state index >= 15 is 0 Å². The molecule has 0 aliphatic rings. The smallest absolute Gasteiger partial charge is 0.252 e. The number of amides is 2. The molecule has 1 aromatic carbocycles. The number of rotatable bonds is 8. The van der Waals surface area contributed by atoms with Crippen molar-refractivity contribution in [1.82, 2.24) is 10.6 Å². The first kappa shape index (κ1) is 16.9. The van der Waals surface area contributed by atoms with Gasteiger partial charge in [-0.2, -0.15) is 0 Å². The minimum Gasteiger partial charge on any atom is -0.352 e. The Kier molecular flexibility index (Phi) is 7.15. The Bertz CT molecular complexity index is 500. The monoisotopic (exact) mass is 290 g/mol. The first-order valence-electron chi connectivity index (χ1n) is 7.20. The molecule has 0 aliphatic carbocycles. The number of hydrogen-bond donors (Lipinski definition) is 2. The van der Waals surface area contributed by atoms with Crippen LogP contribution in [0.5, 0.6) is 0 Å². The van der Waals surface area contributed by atoms with Crippen molar-refractivity contribution in [3.05, 3.63) is 35.4 Å². The van der Waals surface area contributed by atoms with Gasteiger partial charge in [-0.3, -0.25) is 14.4 Å². The van der Waals surface area contributed by atoms with Crippen molar-refractivity contribution < 1.29 is 14.4 Å². The molecule has 1 atom stereocenters. The SMILES string of the molecule is CCCC[C@@H](C)NC(=O)CNC(=O)c1ccccc1C=O. The average Bonchev–Trinajstić information content (AvgIpc) is 2.50. The predicted octanol–water partition coefficient (Wildman–Crippen LogP) is 1.92. The van der Waals surface area contributed by atoms with Gasteiger partial charge < -0.3 is 10.6 Å². The first-order chi connectivity index (χ1) is 10.1. The quantitative estimate of drug-likeness (QED) is 0.718. The maximum absolute atomic E-state index is 11.9. The number of unbranched alkanes of at least 4 members (excludes halogenated alkanes) is 1. The molecule has 1 rings (SSSR count). The molecule has 1 aromatic rings. The predicted molar refractivity (Wildman–Crippen MR) is 81.3 cm³/mol. The van der Waals surface area contributed by atoms with E-state index in [1.54, 1.807) is 24.3 Å². The molecule has 2 amide bonds. The van der Waals surface area contributed by atoms with Crippen LogP contribution < -0.4 is 10.6 Å². The molecular weight excluding hydrogens is 268 g/mol. The van der Waals surface area contributed by atoms with Gasteiger partial charge in [-0.1, -0.05) is 38.0 Å². The molecule has 2 N–H and O–H groups in total. The highest BCUT2D eigenvalue weighted by Crippen LogP contribution is 2.05. The molecule has 0 radical (unpaired) electrons. The number of nitrogens with one attached hydrogen (secondary N) is 2. The van der Waals surface area contributed by atoms with E-state index in [1.807, 2.05) is 6.92 Å². The average molecular weight is 290 g/mol. The number of aldehydes is 1. The molecule has 0 spiro atoms. The fourth-order valence-electron chi connectivity index (χ4n) is 1.97. The molecule has 0 saturated heterocycles. The summed E-state index contributed by atoms with van der Waals surface area (Å²) in [5.74, 6) is -0.649. The van der Waals surface area contributed by atoms with Crippen molar-refractivity contribution in [3.8, 4) is 0 Å². The van der Waals surface area contributed by atoms with Gasteiger partial charge in [0.25, 0.3) is 5.91 Å². The van der Waals surface area contributed by atoms with Gasteiger partial charge in [0, 0.05) is 17.2 Å². The summed E-state index contributed by atoms with van der Waals surface area (Å²) in [5.41, 5.74) is 0.589. The second-order valence-corrected chi connectivity index (χ2v) is 5.00. The zero-order chi connectivity index (χ0) is 15.7. The largest absolute Gasteiger partial charge is 0.352 e. The van der Waals surface area contributed by atoms with Crippen LogP contribution in [0.2, 0.25) is 0 Å². The van der Waals surface area contributed by atoms with Crippen molar-refractivity contribution >= 4 is 18.1 Å². The van der Waals surface area contributed by atoms with E-state index < -0.39 is 5.91 Å². The van der Waals surface area contributed by atoms with Crippen LogP contribution in [0.25, 0.3) is 0 Å². The molecule has 0 aliphatic heterocycles. The first-order valence-corrected chi connectivity index (χ1v) is 7.20. The number of hydrogen-bond acceptors (Lipinski definition) is 3. The summed E-state index contributed by atoms with van der Waals surface area (Å²) in [6.45, 7) is 3.94. The highest BCUT2D eigenvalue weighted by atomic mass is 16.2. The maximum atomic E-state index is 11.9. The van der Waals surface area contributed by atoms with Crippen molar-refractivity contribution in [2.45, 2.75) is 39.2 Å². The lowest BCUT2D eigenvalue weighted by Gasteiger charge is -2.13. The van der Waals surface area contributed by atoms with E-state index in [4.69, 9.17) is 0 Å². The van der Waals surface area contributed by atoms with E-state index in [0.29, 0.717) is 11.8 Å². The lowest BCUT2D eigenvalue weighted by Crippen LogP contribution is -2.41. The molecule has 0 bridgehead atoms. The van der Waals surface area contributed by atoms with E-state index in [0.717, 1.165) is 19.3 Å². The molecule has 0 aromatic heterocycles. The van der Waals surface area contributed by atoms with E-state index in [2.05, 4.69) is 17.6 Å². The van der Waals surface area contributed by atoms with Gasteiger partial charge >= 0.3 is 0 Å². The Morgan fingerprint density at radius 2 is 2.00 bits per heavy atom. The topological polar surface area (TPSA) is 75.3 Å². The molecular formula is C16H22N2O3. The summed E-state index contributed by atoms with van der Waals surface area (Å²) < 4.78 is 0. The summed E-state index contributed by atoms with van der Waals surface area (Å²) in [7, 11) is 0. The molecule has 21 heavy (non-hydrogen) atoms. The second kappa shape index (κ2) is 8.89. The third-order valence-electron chi connectivity index (χ3n) is 3.14. The van der Waals surface area contributed by atoms with Crippen LogP contribution in [0.4, 0.5) is 0 Å². The highest BCUT2D eigenvalue weighted by Gasteiger charge is 2.12. The zero-order valence-electron chi connectivity index (χ0n) is 12.5. The Morgan fingerprint density at radius 3 is 2.67 bits per heavy atom. The van der Waals surface area contributed by atoms with Gasteiger partial charge in [0.15, 0.2) is 6.29 Å². The summed E-state index contributed by atoms with van der Waals surface area (Å²) >= 11 is 0. The molecule has 0 heterocycles. The van der Waals surface area contributed by atoms with Crippen LogP contribution in [0.1, 0.15) is 53.8 Å². The fraction of sp³-hybridized carbons (Fsp3) is 0.438. The molecule has 0 saturated carbocycles. The van der Waals surface area contributed by atoms with E-state index in [9.17, 15) is 14.4 Å². The molecule has 0 fully saturated rings. The summed E-state index contributed by atoms with van der Waals surface area (Å²) in [6, 6.07) is 6.57. The van der Waals surface area contributed by atoms with Crippen molar-refractivity contribution in [3.63, 3.8) is 0 Å². The Labute approximate surface area is 125 Å². The van der Waals surface area contributed by atoms with Gasteiger partial charge in [-0.25, -0.2) is 0 Å². The lowest BCUT2D eigenvalue weighted by atomic mass is 10.1. The standard InChI is InChI=1S/C16H22N2O3/c1-3-4-7-12(2)18-15(20)10-17-16(21)14-9-6-5-8-13(14)11-19/h5-6,8-9,11-12H,3-4,7,10H2,1-2H3,(H,17,21)(H,18,20)/t12-/m1/s1. The van der Waals surface area contributed by atoms with E-state index in [-0.39, 0.29) is 24.1 Å². The van der Waals surface area contributed by atoms with Crippen LogP contribution in [0.15, 0.2) is 24.3 Å².